The van der Waals surface area contributed by atoms with E-state index in [1.54, 1.807) is 18.5 Å². The zero-order chi connectivity index (χ0) is 22.2. The quantitative estimate of drug-likeness (QED) is 0.225. The first-order chi connectivity index (χ1) is 16.3. The van der Waals surface area contributed by atoms with Crippen LogP contribution < -0.4 is 21.3 Å². The van der Waals surface area contributed by atoms with Crippen LogP contribution in [0.1, 0.15) is 1.37 Å². The number of fused-ring (bicyclic) bond motifs is 3. The Labute approximate surface area is 209 Å². The van der Waals surface area contributed by atoms with E-state index in [9.17, 15) is 0 Å². The van der Waals surface area contributed by atoms with Crippen LogP contribution in [0, 0.1) is 12.1 Å². The van der Waals surface area contributed by atoms with E-state index in [-0.39, 0.29) is 27.8 Å². The van der Waals surface area contributed by atoms with Crippen molar-refractivity contribution in [3.05, 3.63) is 115 Å². The van der Waals surface area contributed by atoms with Crippen LogP contribution in [0.25, 0.3) is 22.3 Å². The van der Waals surface area contributed by atoms with Crippen LogP contribution in [0.5, 0.6) is 11.6 Å². The van der Waals surface area contributed by atoms with Crippen molar-refractivity contribution in [2.75, 3.05) is 0 Å². The van der Waals surface area contributed by atoms with E-state index >= 15 is 0 Å². The molecule has 0 aliphatic carbocycles. The van der Waals surface area contributed by atoms with Gasteiger partial charge in [0, 0.05) is 29.8 Å². The van der Waals surface area contributed by atoms with Crippen molar-refractivity contribution < 1.29 is 27.2 Å². The maximum atomic E-state index is 8.09. The molecule has 3 aromatic carbocycles. The van der Waals surface area contributed by atoms with Crippen molar-refractivity contribution >= 4 is 23.2 Å². The number of aromatic nitrogens is 2. The van der Waals surface area contributed by atoms with Gasteiger partial charge in [0.25, 0.3) is 0 Å². The molecule has 1 aliphatic rings. The molecule has 0 radical (unpaired) electrons. The maximum Gasteiger partial charge on any atom is 2.00 e. The van der Waals surface area contributed by atoms with Crippen molar-refractivity contribution in [2.45, 2.75) is 0 Å². The van der Waals surface area contributed by atoms with Crippen LogP contribution in [0.3, 0.4) is 0 Å². The molecule has 0 amide bonds. The van der Waals surface area contributed by atoms with Gasteiger partial charge in [-0.25, -0.2) is 16.1 Å². The second kappa shape index (κ2) is 9.17. The van der Waals surface area contributed by atoms with Crippen LogP contribution in [0.2, 0.25) is 0 Å². The molecule has 0 saturated heterocycles. The van der Waals surface area contributed by atoms with Gasteiger partial charge in [0.05, 0.1) is 1.37 Å². The number of nitrogens with zero attached hydrogens (tertiary/aromatic N) is 2. The molecular weight excluding hydrogens is 586 g/mol. The fraction of sp³-hybridized carbons (Fsp3) is 0. The van der Waals surface area contributed by atoms with Gasteiger partial charge < -0.3 is 4.74 Å². The predicted molar refractivity (Wildman–Crippen MR) is 128 cm³/mol. The Balaban J connectivity index is 0.00000241. The summed E-state index contributed by atoms with van der Waals surface area (Å²) in [5.74, 6) is 1.13. The van der Waals surface area contributed by atoms with E-state index in [0.717, 1.165) is 27.7 Å². The van der Waals surface area contributed by atoms with Crippen LogP contribution in [-0.4, -0.2) is 16.7 Å². The first-order valence-electron chi connectivity index (χ1n) is 11.0. The van der Waals surface area contributed by atoms with Crippen LogP contribution in [-0.2, 0) is 21.1 Å². The summed E-state index contributed by atoms with van der Waals surface area (Å²) < 4.78 is 14.0. The second-order valence-electron chi connectivity index (χ2n) is 7.60. The van der Waals surface area contributed by atoms with Gasteiger partial charge in [0.1, 0.15) is 0 Å². The van der Waals surface area contributed by atoms with Crippen molar-refractivity contribution in [1.29, 1.82) is 0 Å². The average molecular weight is 604 g/mol. The maximum absolute atomic E-state index is 8.09. The first kappa shape index (κ1) is 20.1. The molecule has 0 bridgehead atoms. The molecule has 0 atom stereocenters. The summed E-state index contributed by atoms with van der Waals surface area (Å²) in [6.45, 7) is -0.0607. The molecule has 1 aliphatic heterocycles. The molecule has 3 heterocycles. The van der Waals surface area contributed by atoms with E-state index < -0.39 is 0 Å². The number of benzene rings is 3. The molecule has 2 aromatic heterocycles. The van der Waals surface area contributed by atoms with E-state index in [0.29, 0.717) is 17.7 Å². The third kappa shape index (κ3) is 4.03. The standard InChI is InChI=1S/C28H17BN2O.Pt/c1-2-11-25-23(10-1)24-15-14-21(19-26(24)29(25)27-12-3-5-16-30-27)20-8-7-9-22(18-20)32-28-13-4-6-17-31-28;/h1-17H;/q-2;+2/i3D;. The fourth-order valence-electron chi connectivity index (χ4n) is 4.27. The Kier molecular flexibility index (Phi) is 5.60. The molecule has 6 rings (SSSR count). The minimum Gasteiger partial charge on any atom is -0.460 e. The SMILES string of the molecule is [2H]c1ccnc(B2c3[c-]c(-c4[c-]c(Oc5ccccn5)ccc4)ccc3-c3ccccc32)c1.[Pt+2]. The molecular formula is C28H17BN2OPt. The van der Waals surface area contributed by atoms with E-state index in [2.05, 4.69) is 58.5 Å². The smallest absolute Gasteiger partial charge is 0.460 e. The van der Waals surface area contributed by atoms with E-state index in [1.807, 2.05) is 42.5 Å². The molecule has 3 nitrogen and oxygen atoms in total. The minimum absolute atomic E-state index is 0. The molecule has 0 N–H and O–H groups in total. The molecule has 0 saturated carbocycles. The van der Waals surface area contributed by atoms with Gasteiger partial charge >= 0.3 is 21.1 Å². The normalized spacial score (nSPS) is 11.8. The third-order valence-corrected chi connectivity index (χ3v) is 5.66. The summed E-state index contributed by atoms with van der Waals surface area (Å²) in [7, 11) is 0. The summed E-state index contributed by atoms with van der Waals surface area (Å²) in [5.41, 5.74) is 7.28. The number of pyridine rings is 2. The monoisotopic (exact) mass is 604 g/mol. The van der Waals surface area contributed by atoms with Gasteiger partial charge in [-0.15, -0.1) is 23.8 Å². The fourth-order valence-corrected chi connectivity index (χ4v) is 4.27. The van der Waals surface area contributed by atoms with Crippen LogP contribution in [0.15, 0.2) is 103 Å². The Bertz CT molecular complexity index is 1480. The topological polar surface area (TPSA) is 35.0 Å². The van der Waals surface area contributed by atoms with E-state index in [1.165, 1.54) is 11.0 Å². The Morgan fingerprint density at radius 3 is 2.45 bits per heavy atom. The van der Waals surface area contributed by atoms with Crippen LogP contribution in [0.4, 0.5) is 0 Å². The second-order valence-corrected chi connectivity index (χ2v) is 7.60. The van der Waals surface area contributed by atoms with Gasteiger partial charge in [-0.2, -0.15) is 29.7 Å². The third-order valence-electron chi connectivity index (χ3n) is 5.66. The van der Waals surface area contributed by atoms with Crippen molar-refractivity contribution in [3.8, 4) is 33.9 Å². The van der Waals surface area contributed by atoms with Crippen LogP contribution >= 0.6 is 0 Å². The number of rotatable bonds is 4. The molecule has 158 valence electrons. The van der Waals surface area contributed by atoms with Gasteiger partial charge in [-0.3, -0.25) is 4.98 Å². The summed E-state index contributed by atoms with van der Waals surface area (Å²) in [6.07, 6.45) is 3.40. The minimum atomic E-state index is -0.0607. The van der Waals surface area contributed by atoms with Gasteiger partial charge in [-0.1, -0.05) is 47.4 Å². The Morgan fingerprint density at radius 1 is 0.727 bits per heavy atom. The van der Waals surface area contributed by atoms with Crippen molar-refractivity contribution in [2.24, 2.45) is 0 Å². The van der Waals surface area contributed by atoms with Gasteiger partial charge in [-0.05, 0) is 18.2 Å². The first-order valence-corrected chi connectivity index (χ1v) is 10.5. The average Bonchev–Trinajstić information content (AvgIpc) is 3.18. The number of ether oxygens (including phenoxy) is 1. The Hall–Kier alpha value is -3.49. The van der Waals surface area contributed by atoms with E-state index in [4.69, 9.17) is 6.11 Å². The van der Waals surface area contributed by atoms with Gasteiger partial charge in [0.15, 0.2) is 0 Å². The molecule has 0 spiro atoms. The molecule has 5 heteroatoms. The Morgan fingerprint density at radius 2 is 1.58 bits per heavy atom. The zero-order valence-electron chi connectivity index (χ0n) is 18.4. The molecule has 33 heavy (non-hydrogen) atoms. The summed E-state index contributed by atoms with van der Waals surface area (Å²) in [4.78, 5) is 8.83. The summed E-state index contributed by atoms with van der Waals surface area (Å²) >= 11 is 0. The van der Waals surface area contributed by atoms with Crippen molar-refractivity contribution in [1.82, 2.24) is 9.97 Å². The predicted octanol–water partition coefficient (Wildman–Crippen LogP) is 4.03. The van der Waals surface area contributed by atoms with Crippen molar-refractivity contribution in [3.63, 3.8) is 0 Å². The van der Waals surface area contributed by atoms with Gasteiger partial charge in [0.2, 0.25) is 12.6 Å². The largest absolute Gasteiger partial charge is 2.00 e. The molecule has 5 aromatic rings. The summed E-state index contributed by atoms with van der Waals surface area (Å²) in [5, 5.41) is 0. The zero-order valence-corrected chi connectivity index (χ0v) is 19.7. The number of hydrogen-bond acceptors (Lipinski definition) is 3. The number of hydrogen-bond donors (Lipinski definition) is 0. The summed E-state index contributed by atoms with van der Waals surface area (Å²) in [6, 6.07) is 35.0. The molecule has 0 fully saturated rings. The molecule has 0 unspecified atom stereocenters.